The molecule has 0 unspecified atom stereocenters. The average molecular weight is 647 g/mol. The normalized spacial score (nSPS) is 12.9. The molecule has 240 valence electrons. The maximum absolute atomic E-state index is 10.3. The third-order valence-corrected chi connectivity index (χ3v) is 8.75. The number of rotatable bonds is 12. The van der Waals surface area contributed by atoms with E-state index < -0.39 is 0 Å². The van der Waals surface area contributed by atoms with Crippen molar-refractivity contribution < 1.29 is 9.94 Å². The van der Waals surface area contributed by atoms with Crippen molar-refractivity contribution >= 4 is 40.6 Å². The largest absolute Gasteiger partial charge is 0.472 e. The fourth-order valence-corrected chi connectivity index (χ4v) is 6.25. The Kier molecular flexibility index (Phi) is 9.63. The molecule has 0 spiro atoms. The van der Waals surface area contributed by atoms with Crippen LogP contribution < -0.4 is 21.5 Å². The molecule has 0 bridgehead atoms. The Morgan fingerprint density at radius 2 is 1.72 bits per heavy atom. The molecular weight excluding hydrogens is 608 g/mol. The van der Waals surface area contributed by atoms with E-state index in [0.29, 0.717) is 24.0 Å². The molecule has 47 heavy (non-hydrogen) atoms. The Morgan fingerprint density at radius 1 is 1.00 bits per heavy atom. The van der Waals surface area contributed by atoms with Gasteiger partial charge in [0.25, 0.3) is 0 Å². The molecule has 5 aromatic rings. The Balaban J connectivity index is 1.40. The summed E-state index contributed by atoms with van der Waals surface area (Å²) in [6, 6.07) is 28.8. The Morgan fingerprint density at radius 3 is 2.45 bits per heavy atom. The molecule has 0 radical (unpaired) electrons. The second-order valence-electron chi connectivity index (χ2n) is 11.6. The van der Waals surface area contributed by atoms with E-state index in [2.05, 4.69) is 83.1 Å². The highest BCUT2D eigenvalue weighted by Crippen LogP contribution is 2.47. The van der Waals surface area contributed by atoms with Gasteiger partial charge in [0.1, 0.15) is 5.75 Å². The van der Waals surface area contributed by atoms with Crippen LogP contribution in [0, 0.1) is 0 Å². The molecule has 0 atom stereocenters. The first-order chi connectivity index (χ1) is 22.9. The monoisotopic (exact) mass is 646 g/mol. The molecule has 2 heterocycles. The van der Waals surface area contributed by atoms with Gasteiger partial charge in [-0.05, 0) is 71.3 Å². The van der Waals surface area contributed by atoms with E-state index in [1.165, 1.54) is 11.3 Å². The molecule has 0 saturated heterocycles. The van der Waals surface area contributed by atoms with Crippen molar-refractivity contribution in [2.24, 2.45) is 16.5 Å². The van der Waals surface area contributed by atoms with Crippen molar-refractivity contribution in [3.8, 4) is 39.3 Å². The molecule has 0 fully saturated rings. The van der Waals surface area contributed by atoms with Crippen molar-refractivity contribution in [3.63, 3.8) is 0 Å². The van der Waals surface area contributed by atoms with E-state index in [4.69, 9.17) is 27.8 Å². The minimum atomic E-state index is 0.281. The number of halogens is 1. The number of hydrogen-bond donors (Lipinski definition) is 4. The number of nitrogens with one attached hydrogen (secondary N) is 1. The highest BCUT2D eigenvalue weighted by atomic mass is 35.5. The van der Waals surface area contributed by atoms with Crippen molar-refractivity contribution in [2.75, 3.05) is 13.2 Å². The van der Waals surface area contributed by atoms with Crippen LogP contribution in [0.4, 0.5) is 0 Å². The molecule has 1 aromatic heterocycles. The van der Waals surface area contributed by atoms with Crippen LogP contribution in [-0.2, 0) is 6.73 Å². The first-order valence-electron chi connectivity index (χ1n) is 15.7. The zero-order chi connectivity index (χ0) is 32.9. The van der Waals surface area contributed by atoms with Crippen molar-refractivity contribution in [1.29, 1.82) is 0 Å². The summed E-state index contributed by atoms with van der Waals surface area (Å²) in [5, 5.41) is 16.6. The summed E-state index contributed by atoms with van der Waals surface area (Å²) in [7, 11) is 0. The highest BCUT2D eigenvalue weighted by Gasteiger charge is 2.26. The summed E-state index contributed by atoms with van der Waals surface area (Å²) in [6.07, 6.45) is 6.21. The fourth-order valence-electron chi connectivity index (χ4n) is 6.09. The number of nitrogens with zero attached hydrogens (tertiary/aromatic N) is 3. The van der Waals surface area contributed by atoms with Gasteiger partial charge in [-0.3, -0.25) is 4.99 Å². The van der Waals surface area contributed by atoms with E-state index in [1.54, 1.807) is 6.20 Å². The lowest BCUT2D eigenvalue weighted by molar-refractivity contribution is -0.0942. The van der Waals surface area contributed by atoms with Gasteiger partial charge in [0.15, 0.2) is 6.73 Å². The zero-order valence-electron chi connectivity index (χ0n) is 26.4. The van der Waals surface area contributed by atoms with E-state index in [0.717, 1.165) is 86.3 Å². The Bertz CT molecular complexity index is 1960. The number of unbranched alkanes of at least 4 members (excludes halogenated alkanes) is 2. The van der Waals surface area contributed by atoms with Gasteiger partial charge < -0.3 is 31.3 Å². The number of ether oxygens (including phenoxy) is 1. The maximum Gasteiger partial charge on any atom is 0.165 e. The van der Waals surface area contributed by atoms with Crippen LogP contribution >= 0.6 is 11.6 Å². The molecule has 4 aromatic carbocycles. The summed E-state index contributed by atoms with van der Waals surface area (Å²) in [4.78, 5) is 3.78. The first kappa shape index (κ1) is 31.9. The predicted octanol–water partition coefficient (Wildman–Crippen LogP) is 8.29. The summed E-state index contributed by atoms with van der Waals surface area (Å²) in [6.45, 7) is 6.89. The second-order valence-corrected chi connectivity index (χ2v) is 12.0. The van der Waals surface area contributed by atoms with Crippen LogP contribution in [0.15, 0.2) is 102 Å². The van der Waals surface area contributed by atoms with Gasteiger partial charge in [-0.25, -0.2) is 0 Å². The van der Waals surface area contributed by atoms with Gasteiger partial charge in [0.05, 0.1) is 29.3 Å². The molecule has 6 rings (SSSR count). The number of aliphatic imine (C=N–C) groups is 1. The smallest absolute Gasteiger partial charge is 0.165 e. The van der Waals surface area contributed by atoms with Crippen LogP contribution in [0.1, 0.15) is 37.3 Å². The van der Waals surface area contributed by atoms with Gasteiger partial charge in [-0.2, -0.15) is 5.06 Å². The predicted molar refractivity (Wildman–Crippen MR) is 194 cm³/mol. The summed E-state index contributed by atoms with van der Waals surface area (Å²) >= 11 is 6.37. The maximum atomic E-state index is 10.3. The van der Waals surface area contributed by atoms with E-state index >= 15 is 0 Å². The Labute approximate surface area is 280 Å². The van der Waals surface area contributed by atoms with E-state index in [9.17, 15) is 5.21 Å². The molecule has 0 saturated carbocycles. The van der Waals surface area contributed by atoms with Crippen LogP contribution in [-0.4, -0.2) is 34.8 Å². The van der Waals surface area contributed by atoms with Gasteiger partial charge in [0, 0.05) is 40.5 Å². The molecule has 9 heteroatoms. The van der Waals surface area contributed by atoms with Gasteiger partial charge >= 0.3 is 0 Å². The van der Waals surface area contributed by atoms with Crippen molar-refractivity contribution in [2.45, 2.75) is 32.9 Å². The third kappa shape index (κ3) is 6.62. The zero-order valence-corrected chi connectivity index (χ0v) is 27.2. The minimum absolute atomic E-state index is 0.281. The van der Waals surface area contributed by atoms with Gasteiger partial charge in [0.2, 0.25) is 0 Å². The highest BCUT2D eigenvalue weighted by molar-refractivity contribution is 6.30. The van der Waals surface area contributed by atoms with Crippen molar-refractivity contribution in [3.05, 3.63) is 113 Å². The second kappa shape index (κ2) is 14.2. The van der Waals surface area contributed by atoms with Gasteiger partial charge in [-0.15, -0.1) is 0 Å². The molecular formula is C38H39ClN6O2. The Hall–Kier alpha value is -5.02. The number of hydrogen-bond acceptors (Lipinski definition) is 7. The SMILES string of the molecule is C=N/C=C(\N)c1ccc(-c2ccc3c(c2)c(-c2ccc(/C(=C/N)NCN(O)CCCCC)cc2)c2n3COc3cc(Cl)ccc3-2)cc1. The van der Waals surface area contributed by atoms with Crippen LogP contribution in [0.3, 0.4) is 0 Å². The molecule has 1 aliphatic heterocycles. The van der Waals surface area contributed by atoms with Crippen LogP contribution in [0.25, 0.3) is 55.8 Å². The lowest BCUT2D eigenvalue weighted by Crippen LogP contribution is -2.31. The number of fused-ring (bicyclic) bond motifs is 5. The lowest BCUT2D eigenvalue weighted by Gasteiger charge is -2.22. The topological polar surface area (TPSA) is 114 Å². The van der Waals surface area contributed by atoms with Crippen LogP contribution in [0.2, 0.25) is 5.02 Å². The summed E-state index contributed by atoms with van der Waals surface area (Å²) in [5.74, 6) is 0.756. The molecule has 0 amide bonds. The molecule has 0 aliphatic carbocycles. The number of nitrogens with two attached hydrogens (primary N) is 2. The fraction of sp³-hybridized carbons (Fsp3) is 0.184. The van der Waals surface area contributed by atoms with Crippen LogP contribution in [0.5, 0.6) is 5.75 Å². The van der Waals surface area contributed by atoms with E-state index in [1.807, 2.05) is 30.3 Å². The molecule has 6 N–H and O–H groups in total. The van der Waals surface area contributed by atoms with Crippen molar-refractivity contribution in [1.82, 2.24) is 14.9 Å². The average Bonchev–Trinajstić information content (AvgIpc) is 3.43. The molecule has 8 nitrogen and oxygen atoms in total. The van der Waals surface area contributed by atoms with Gasteiger partial charge in [-0.1, -0.05) is 86.0 Å². The lowest BCUT2D eigenvalue weighted by atomic mass is 9.94. The number of hydroxylamine groups is 2. The molecule has 1 aliphatic rings. The summed E-state index contributed by atoms with van der Waals surface area (Å²) < 4.78 is 8.41. The van der Waals surface area contributed by atoms with E-state index in [-0.39, 0.29) is 6.67 Å². The quantitative estimate of drug-likeness (QED) is 0.0469. The summed E-state index contributed by atoms with van der Waals surface area (Å²) in [5.41, 5.74) is 22.7. The number of benzene rings is 4. The number of aromatic nitrogens is 1. The standard InChI is InChI=1S/C38H39ClN6O2/c1-3-4-5-18-44(46)23-43-34(21-40)27-10-12-28(13-11-27)37-32-19-29(25-6-8-26(9-7-25)33(41)22-42-2)14-17-35(32)45-24-47-36-20-30(39)15-16-31(36)38(37)45/h6-17,19-22,43,46H,2-5,18,23-24,40-41H2,1H3/b33-22-,34-21-. The first-order valence-corrected chi connectivity index (χ1v) is 16.1. The third-order valence-electron chi connectivity index (χ3n) is 8.52. The minimum Gasteiger partial charge on any atom is -0.472 e.